The fraction of sp³-hybridized carbons (Fsp3) is 0.450. The standard InChI is InChI=1S/C20H24N4O3/c1-3-10-26-16-6-4-14(5-7-16)20(25)24-9-8-15-11-17(27-18(15)12-24)19-21-13(2)22-23-19/h3-7,15,17-18H,1,8-12H2,2H3,(H,21,22,23)/t15?,17-,18-/m1/s1. The fourth-order valence-electron chi connectivity index (χ4n) is 3.82. The van der Waals surface area contributed by atoms with Crippen LogP contribution in [0.15, 0.2) is 36.9 Å². The van der Waals surface area contributed by atoms with Gasteiger partial charge in [-0.3, -0.25) is 9.89 Å². The van der Waals surface area contributed by atoms with Crippen molar-refractivity contribution in [2.75, 3.05) is 19.7 Å². The summed E-state index contributed by atoms with van der Waals surface area (Å²) in [6, 6.07) is 7.25. The van der Waals surface area contributed by atoms with E-state index in [0.717, 1.165) is 36.8 Å². The third-order valence-electron chi connectivity index (χ3n) is 5.21. The van der Waals surface area contributed by atoms with Gasteiger partial charge in [0.25, 0.3) is 5.91 Å². The second kappa shape index (κ2) is 7.52. The van der Waals surface area contributed by atoms with E-state index in [4.69, 9.17) is 9.47 Å². The van der Waals surface area contributed by atoms with E-state index >= 15 is 0 Å². The molecule has 1 unspecified atom stereocenters. The number of rotatable bonds is 5. The summed E-state index contributed by atoms with van der Waals surface area (Å²) in [4.78, 5) is 19.1. The number of piperidine rings is 1. The first-order valence-corrected chi connectivity index (χ1v) is 9.31. The van der Waals surface area contributed by atoms with Gasteiger partial charge in [-0.2, -0.15) is 5.10 Å². The Hall–Kier alpha value is -2.67. The Kier molecular flexibility index (Phi) is 4.94. The molecule has 2 aliphatic heterocycles. The Balaban J connectivity index is 1.38. The van der Waals surface area contributed by atoms with Crippen LogP contribution in [0.25, 0.3) is 0 Å². The lowest BCUT2D eigenvalue weighted by atomic mass is 9.91. The molecule has 3 heterocycles. The quantitative estimate of drug-likeness (QED) is 0.821. The number of aromatic nitrogens is 3. The van der Waals surface area contributed by atoms with Crippen molar-refractivity contribution in [2.24, 2.45) is 5.92 Å². The summed E-state index contributed by atoms with van der Waals surface area (Å²) in [5, 5.41) is 7.10. The summed E-state index contributed by atoms with van der Waals surface area (Å²) in [5.74, 6) is 2.72. The maximum absolute atomic E-state index is 12.9. The van der Waals surface area contributed by atoms with E-state index in [1.807, 2.05) is 36.1 Å². The molecule has 2 aliphatic rings. The van der Waals surface area contributed by atoms with Crippen molar-refractivity contribution >= 4 is 5.91 Å². The number of aryl methyl sites for hydroxylation is 1. The number of benzene rings is 1. The van der Waals surface area contributed by atoms with Gasteiger partial charge in [-0.15, -0.1) is 0 Å². The van der Waals surface area contributed by atoms with Gasteiger partial charge in [-0.1, -0.05) is 12.7 Å². The Morgan fingerprint density at radius 2 is 2.26 bits per heavy atom. The van der Waals surface area contributed by atoms with Crippen LogP contribution in [0.1, 0.15) is 41.0 Å². The number of H-pyrrole nitrogens is 1. The molecule has 0 bridgehead atoms. The topological polar surface area (TPSA) is 80.3 Å². The maximum atomic E-state index is 12.9. The number of amides is 1. The number of hydrogen-bond acceptors (Lipinski definition) is 5. The van der Waals surface area contributed by atoms with Gasteiger partial charge in [-0.25, -0.2) is 4.98 Å². The highest BCUT2D eigenvalue weighted by atomic mass is 16.5. The molecular weight excluding hydrogens is 344 g/mol. The van der Waals surface area contributed by atoms with Crippen molar-refractivity contribution in [3.05, 3.63) is 54.1 Å². The maximum Gasteiger partial charge on any atom is 0.253 e. The Morgan fingerprint density at radius 1 is 1.44 bits per heavy atom. The number of aromatic amines is 1. The zero-order chi connectivity index (χ0) is 18.8. The number of carbonyl (C=O) groups is 1. The van der Waals surface area contributed by atoms with Crippen molar-refractivity contribution < 1.29 is 14.3 Å². The lowest BCUT2D eigenvalue weighted by Gasteiger charge is -2.34. The first-order chi connectivity index (χ1) is 13.1. The lowest BCUT2D eigenvalue weighted by molar-refractivity contribution is -0.00683. The third kappa shape index (κ3) is 3.73. The van der Waals surface area contributed by atoms with Gasteiger partial charge < -0.3 is 14.4 Å². The highest BCUT2D eigenvalue weighted by Gasteiger charge is 2.42. The summed E-state index contributed by atoms with van der Waals surface area (Å²) in [6.45, 7) is 7.32. The van der Waals surface area contributed by atoms with Crippen molar-refractivity contribution in [2.45, 2.75) is 32.0 Å². The molecule has 7 heteroatoms. The van der Waals surface area contributed by atoms with Crippen molar-refractivity contribution in [1.82, 2.24) is 20.1 Å². The third-order valence-corrected chi connectivity index (χ3v) is 5.21. The first-order valence-electron chi connectivity index (χ1n) is 9.31. The number of ether oxygens (including phenoxy) is 2. The minimum atomic E-state index is -0.0821. The van der Waals surface area contributed by atoms with E-state index in [1.165, 1.54) is 0 Å². The predicted molar refractivity (Wildman–Crippen MR) is 99.5 cm³/mol. The van der Waals surface area contributed by atoms with E-state index < -0.39 is 0 Å². The summed E-state index contributed by atoms with van der Waals surface area (Å²) < 4.78 is 11.6. The van der Waals surface area contributed by atoms with Crippen molar-refractivity contribution in [1.29, 1.82) is 0 Å². The molecule has 1 amide bonds. The minimum Gasteiger partial charge on any atom is -0.490 e. The number of nitrogens with zero attached hydrogens (tertiary/aromatic N) is 3. The molecule has 1 N–H and O–H groups in total. The zero-order valence-corrected chi connectivity index (χ0v) is 15.4. The van der Waals surface area contributed by atoms with Crippen molar-refractivity contribution in [3.8, 4) is 5.75 Å². The Morgan fingerprint density at radius 3 is 2.96 bits per heavy atom. The van der Waals surface area contributed by atoms with Crippen LogP contribution in [0.4, 0.5) is 0 Å². The Bertz CT molecular complexity index is 817. The first kappa shape index (κ1) is 17.7. The van der Waals surface area contributed by atoms with Crippen LogP contribution in [0.2, 0.25) is 0 Å². The largest absolute Gasteiger partial charge is 0.490 e. The fourth-order valence-corrected chi connectivity index (χ4v) is 3.82. The summed E-state index contributed by atoms with van der Waals surface area (Å²) in [7, 11) is 0. The molecular formula is C20H24N4O3. The van der Waals surface area contributed by atoms with Crippen LogP contribution >= 0.6 is 0 Å². The molecule has 0 spiro atoms. The van der Waals surface area contributed by atoms with E-state index in [9.17, 15) is 4.79 Å². The molecule has 27 heavy (non-hydrogen) atoms. The van der Waals surface area contributed by atoms with Crippen LogP contribution in [-0.4, -0.2) is 51.8 Å². The van der Waals surface area contributed by atoms with Crippen LogP contribution in [0, 0.1) is 12.8 Å². The summed E-state index contributed by atoms with van der Waals surface area (Å²) in [6.07, 6.45) is 3.51. The van der Waals surface area contributed by atoms with Crippen molar-refractivity contribution in [3.63, 3.8) is 0 Å². The van der Waals surface area contributed by atoms with E-state index in [1.54, 1.807) is 6.08 Å². The van der Waals surface area contributed by atoms with Crippen LogP contribution < -0.4 is 4.74 Å². The molecule has 2 saturated heterocycles. The van der Waals surface area contributed by atoms with E-state index in [-0.39, 0.29) is 18.1 Å². The van der Waals surface area contributed by atoms with Crippen LogP contribution in [0.5, 0.6) is 5.75 Å². The molecule has 0 radical (unpaired) electrons. The Labute approximate surface area is 158 Å². The highest BCUT2D eigenvalue weighted by molar-refractivity contribution is 5.94. The molecule has 3 atom stereocenters. The average molecular weight is 368 g/mol. The van der Waals surface area contributed by atoms with Gasteiger partial charge in [-0.05, 0) is 49.9 Å². The molecule has 142 valence electrons. The van der Waals surface area contributed by atoms with E-state index in [2.05, 4.69) is 21.8 Å². The molecule has 1 aromatic carbocycles. The van der Waals surface area contributed by atoms with Gasteiger partial charge in [0.05, 0.1) is 6.10 Å². The monoisotopic (exact) mass is 368 g/mol. The number of nitrogens with one attached hydrogen (secondary N) is 1. The number of carbonyl (C=O) groups excluding carboxylic acids is 1. The molecule has 1 aromatic heterocycles. The molecule has 2 aromatic rings. The predicted octanol–water partition coefficient (Wildman–Crippen LogP) is 2.67. The second-order valence-electron chi connectivity index (χ2n) is 7.10. The second-order valence-corrected chi connectivity index (χ2v) is 7.10. The summed E-state index contributed by atoms with van der Waals surface area (Å²) in [5.41, 5.74) is 0.665. The zero-order valence-electron chi connectivity index (χ0n) is 15.4. The summed E-state index contributed by atoms with van der Waals surface area (Å²) >= 11 is 0. The SMILES string of the molecule is C=CCOc1ccc(C(=O)N2CCC3C[C@H](c4n[nH]c(C)n4)O[C@@H]3C2)cc1. The van der Waals surface area contributed by atoms with Gasteiger partial charge in [0.2, 0.25) is 0 Å². The highest BCUT2D eigenvalue weighted by Crippen LogP contribution is 2.40. The molecule has 0 saturated carbocycles. The lowest BCUT2D eigenvalue weighted by Crippen LogP contribution is -2.45. The average Bonchev–Trinajstić information content (AvgIpc) is 3.31. The van der Waals surface area contributed by atoms with Gasteiger partial charge in [0.1, 0.15) is 24.3 Å². The molecule has 4 rings (SSSR count). The molecule has 0 aliphatic carbocycles. The minimum absolute atomic E-state index is 0.0320. The number of hydrogen-bond donors (Lipinski definition) is 1. The van der Waals surface area contributed by atoms with Gasteiger partial charge in [0.15, 0.2) is 5.82 Å². The number of fused-ring (bicyclic) bond motifs is 1. The number of likely N-dealkylation sites (tertiary alicyclic amines) is 1. The molecule has 2 fully saturated rings. The van der Waals surface area contributed by atoms with Crippen LogP contribution in [0.3, 0.4) is 0 Å². The van der Waals surface area contributed by atoms with Crippen LogP contribution in [-0.2, 0) is 4.74 Å². The molecule has 7 nitrogen and oxygen atoms in total. The normalized spacial score (nSPS) is 24.5. The van der Waals surface area contributed by atoms with Gasteiger partial charge in [0, 0.05) is 18.7 Å². The van der Waals surface area contributed by atoms with E-state index in [0.29, 0.717) is 24.6 Å². The van der Waals surface area contributed by atoms with Gasteiger partial charge >= 0.3 is 0 Å². The smallest absolute Gasteiger partial charge is 0.253 e.